The Morgan fingerprint density at radius 2 is 2.08 bits per heavy atom. The van der Waals surface area contributed by atoms with Crippen LogP contribution in [0.4, 0.5) is 0 Å². The Labute approximate surface area is 164 Å². The molecule has 0 atom stereocenters. The molecule has 5 nitrogen and oxygen atoms in total. The van der Waals surface area contributed by atoms with Crippen LogP contribution in [0.15, 0.2) is 39.1 Å². The lowest BCUT2D eigenvalue weighted by molar-refractivity contribution is -0.143. The summed E-state index contributed by atoms with van der Waals surface area (Å²) in [5.41, 5.74) is 0.668. The monoisotopic (exact) mass is 458 g/mol. The molecular formula is C16H12BrClN2O3S2. The Hall–Kier alpha value is -1.48. The SMILES string of the molecule is CCOC(=O)Cn1c(=NC(=O)c2ccc(Br)s2)sc2cccc(Cl)c21. The summed E-state index contributed by atoms with van der Waals surface area (Å²) in [6.45, 7) is 1.96. The van der Waals surface area contributed by atoms with Crippen molar-refractivity contribution in [3.63, 3.8) is 0 Å². The van der Waals surface area contributed by atoms with Gasteiger partial charge in [-0.15, -0.1) is 11.3 Å². The van der Waals surface area contributed by atoms with Gasteiger partial charge in [0.1, 0.15) is 6.54 Å². The van der Waals surface area contributed by atoms with Crippen molar-refractivity contribution in [1.82, 2.24) is 4.57 Å². The third kappa shape index (κ3) is 4.03. The number of rotatable bonds is 4. The highest BCUT2D eigenvalue weighted by molar-refractivity contribution is 9.11. The first-order valence-corrected chi connectivity index (χ1v) is 10.1. The Bertz CT molecular complexity index is 1020. The van der Waals surface area contributed by atoms with E-state index >= 15 is 0 Å². The number of halogens is 2. The van der Waals surface area contributed by atoms with E-state index in [1.54, 1.807) is 29.7 Å². The molecule has 1 aromatic carbocycles. The standard InChI is InChI=1S/C16H12BrClN2O3S2/c1-2-23-13(21)8-20-14-9(18)4-3-5-10(14)25-16(20)19-15(22)11-6-7-12(17)24-11/h3-7H,2,8H2,1H3. The van der Waals surface area contributed by atoms with Crippen LogP contribution in [0.25, 0.3) is 10.2 Å². The van der Waals surface area contributed by atoms with Gasteiger partial charge < -0.3 is 9.30 Å². The van der Waals surface area contributed by atoms with Gasteiger partial charge in [-0.05, 0) is 47.1 Å². The molecule has 3 rings (SSSR count). The van der Waals surface area contributed by atoms with Crippen molar-refractivity contribution >= 4 is 72.3 Å². The van der Waals surface area contributed by atoms with Crippen molar-refractivity contribution in [3.8, 4) is 0 Å². The Kier molecular flexibility index (Phi) is 5.73. The highest BCUT2D eigenvalue weighted by Crippen LogP contribution is 2.26. The number of fused-ring (bicyclic) bond motifs is 1. The second-order valence-electron chi connectivity index (χ2n) is 4.88. The third-order valence-corrected chi connectivity index (χ3v) is 6.19. The molecule has 130 valence electrons. The zero-order valence-electron chi connectivity index (χ0n) is 13.0. The molecule has 9 heteroatoms. The van der Waals surface area contributed by atoms with E-state index < -0.39 is 5.97 Å². The summed E-state index contributed by atoms with van der Waals surface area (Å²) in [6.07, 6.45) is 0. The average molecular weight is 460 g/mol. The number of amides is 1. The van der Waals surface area contributed by atoms with E-state index in [9.17, 15) is 9.59 Å². The highest BCUT2D eigenvalue weighted by Gasteiger charge is 2.15. The number of hydrogen-bond donors (Lipinski definition) is 0. The topological polar surface area (TPSA) is 60.7 Å². The van der Waals surface area contributed by atoms with Gasteiger partial charge in [0, 0.05) is 0 Å². The van der Waals surface area contributed by atoms with Gasteiger partial charge in [0.15, 0.2) is 4.80 Å². The largest absolute Gasteiger partial charge is 0.465 e. The molecule has 0 aliphatic heterocycles. The maximum absolute atomic E-state index is 12.4. The van der Waals surface area contributed by atoms with Gasteiger partial charge in [0.05, 0.1) is 30.5 Å². The molecular weight excluding hydrogens is 448 g/mol. The number of esters is 1. The zero-order chi connectivity index (χ0) is 18.0. The molecule has 2 aromatic heterocycles. The van der Waals surface area contributed by atoms with Crippen LogP contribution in [-0.4, -0.2) is 23.1 Å². The average Bonchev–Trinajstić information content (AvgIpc) is 3.13. The molecule has 2 heterocycles. The van der Waals surface area contributed by atoms with E-state index in [0.29, 0.717) is 20.2 Å². The van der Waals surface area contributed by atoms with Gasteiger partial charge >= 0.3 is 5.97 Å². The quantitative estimate of drug-likeness (QED) is 0.540. The minimum atomic E-state index is -0.408. The van der Waals surface area contributed by atoms with Gasteiger partial charge in [-0.2, -0.15) is 4.99 Å². The van der Waals surface area contributed by atoms with Crippen molar-refractivity contribution < 1.29 is 14.3 Å². The fourth-order valence-corrected chi connectivity index (χ4v) is 4.88. The first kappa shape index (κ1) is 18.3. The van der Waals surface area contributed by atoms with E-state index in [-0.39, 0.29) is 19.1 Å². The van der Waals surface area contributed by atoms with Crippen molar-refractivity contribution in [3.05, 3.63) is 48.8 Å². The first-order chi connectivity index (χ1) is 12.0. The molecule has 0 saturated carbocycles. The third-order valence-electron chi connectivity index (χ3n) is 3.23. The molecule has 0 aliphatic carbocycles. The molecule has 0 saturated heterocycles. The number of benzene rings is 1. The van der Waals surface area contributed by atoms with Crippen LogP contribution in [0, 0.1) is 0 Å². The first-order valence-electron chi connectivity index (χ1n) is 7.27. The molecule has 0 spiro atoms. The van der Waals surface area contributed by atoms with Gasteiger partial charge in [0.2, 0.25) is 0 Å². The van der Waals surface area contributed by atoms with Gasteiger partial charge in [-0.1, -0.05) is 29.0 Å². The molecule has 25 heavy (non-hydrogen) atoms. The summed E-state index contributed by atoms with van der Waals surface area (Å²) in [4.78, 5) is 29.5. The number of thiophene rings is 1. The fraction of sp³-hybridized carbons (Fsp3) is 0.188. The molecule has 0 unspecified atom stereocenters. The second-order valence-corrected chi connectivity index (χ2v) is 8.76. The summed E-state index contributed by atoms with van der Waals surface area (Å²) in [7, 11) is 0. The zero-order valence-corrected chi connectivity index (χ0v) is 17.0. The van der Waals surface area contributed by atoms with Crippen molar-refractivity contribution in [2.75, 3.05) is 6.61 Å². The normalized spacial score (nSPS) is 11.9. The predicted molar refractivity (Wildman–Crippen MR) is 103 cm³/mol. The van der Waals surface area contributed by atoms with E-state index in [4.69, 9.17) is 16.3 Å². The molecule has 0 N–H and O–H groups in total. The summed E-state index contributed by atoms with van der Waals surface area (Å²) in [5, 5.41) is 0.491. The lowest BCUT2D eigenvalue weighted by Crippen LogP contribution is -2.23. The predicted octanol–water partition coefficient (Wildman–Crippen LogP) is 4.48. The Morgan fingerprint density at radius 1 is 1.28 bits per heavy atom. The number of thiazole rings is 1. The smallest absolute Gasteiger partial charge is 0.326 e. The molecule has 0 bridgehead atoms. The molecule has 1 amide bonds. The molecule has 3 aromatic rings. The number of para-hydroxylation sites is 1. The number of aromatic nitrogens is 1. The molecule has 0 radical (unpaired) electrons. The number of nitrogens with zero attached hydrogens (tertiary/aromatic N) is 2. The van der Waals surface area contributed by atoms with Crippen molar-refractivity contribution in [2.45, 2.75) is 13.5 Å². The summed E-state index contributed by atoms with van der Waals surface area (Å²) in [5.74, 6) is -0.772. The summed E-state index contributed by atoms with van der Waals surface area (Å²) < 4.78 is 8.34. The second kappa shape index (κ2) is 7.82. The summed E-state index contributed by atoms with van der Waals surface area (Å²) >= 11 is 12.2. The Balaban J connectivity index is 2.13. The van der Waals surface area contributed by atoms with Gasteiger partial charge in [0.25, 0.3) is 5.91 Å². The fourth-order valence-electron chi connectivity index (χ4n) is 2.23. The number of carbonyl (C=O) groups is 2. The van der Waals surface area contributed by atoms with Crippen LogP contribution in [0.2, 0.25) is 5.02 Å². The van der Waals surface area contributed by atoms with E-state index in [0.717, 1.165) is 8.49 Å². The number of ether oxygens (including phenoxy) is 1. The van der Waals surface area contributed by atoms with E-state index in [1.165, 1.54) is 22.7 Å². The minimum absolute atomic E-state index is 0.0577. The van der Waals surface area contributed by atoms with Crippen molar-refractivity contribution in [1.29, 1.82) is 0 Å². The van der Waals surface area contributed by atoms with E-state index in [1.807, 2.05) is 12.1 Å². The van der Waals surface area contributed by atoms with Gasteiger partial charge in [-0.25, -0.2) is 0 Å². The van der Waals surface area contributed by atoms with Crippen LogP contribution in [0.3, 0.4) is 0 Å². The van der Waals surface area contributed by atoms with Crippen LogP contribution in [0.1, 0.15) is 16.6 Å². The van der Waals surface area contributed by atoms with Crippen LogP contribution < -0.4 is 4.80 Å². The molecule has 0 aliphatic rings. The minimum Gasteiger partial charge on any atom is -0.465 e. The highest BCUT2D eigenvalue weighted by atomic mass is 79.9. The maximum Gasteiger partial charge on any atom is 0.326 e. The van der Waals surface area contributed by atoms with Crippen molar-refractivity contribution in [2.24, 2.45) is 4.99 Å². The maximum atomic E-state index is 12.4. The lowest BCUT2D eigenvalue weighted by Gasteiger charge is -2.06. The lowest BCUT2D eigenvalue weighted by atomic mass is 10.3. The van der Waals surface area contributed by atoms with Gasteiger partial charge in [-0.3, -0.25) is 9.59 Å². The van der Waals surface area contributed by atoms with Crippen LogP contribution in [0.5, 0.6) is 0 Å². The van der Waals surface area contributed by atoms with E-state index in [2.05, 4.69) is 20.9 Å². The van der Waals surface area contributed by atoms with Crippen LogP contribution >= 0.6 is 50.2 Å². The number of hydrogen-bond acceptors (Lipinski definition) is 5. The summed E-state index contributed by atoms with van der Waals surface area (Å²) in [6, 6.07) is 8.93. The van der Waals surface area contributed by atoms with Crippen LogP contribution in [-0.2, 0) is 16.1 Å². The number of carbonyl (C=O) groups excluding carboxylic acids is 2. The Morgan fingerprint density at radius 3 is 2.76 bits per heavy atom. The molecule has 0 fully saturated rings.